The van der Waals surface area contributed by atoms with Gasteiger partial charge in [0.25, 0.3) is 0 Å². The molecule has 1 aliphatic heterocycles. The summed E-state index contributed by atoms with van der Waals surface area (Å²) in [6.07, 6.45) is 4.23. The molecule has 0 radical (unpaired) electrons. The van der Waals surface area contributed by atoms with Crippen molar-refractivity contribution in [2.75, 3.05) is 40.3 Å². The van der Waals surface area contributed by atoms with Crippen LogP contribution in [0.3, 0.4) is 0 Å². The second-order valence-electron chi connectivity index (χ2n) is 7.44. The molecule has 1 aromatic carbocycles. The number of halogens is 1. The van der Waals surface area contributed by atoms with Gasteiger partial charge in [-0.25, -0.2) is 0 Å². The van der Waals surface area contributed by atoms with Crippen LogP contribution in [0.5, 0.6) is 0 Å². The van der Waals surface area contributed by atoms with Crippen LogP contribution in [0.1, 0.15) is 43.2 Å². The zero-order valence-electron chi connectivity index (χ0n) is 15.8. The van der Waals surface area contributed by atoms with E-state index in [0.717, 1.165) is 50.3 Å². The van der Waals surface area contributed by atoms with Crippen molar-refractivity contribution in [3.63, 3.8) is 0 Å². The molecule has 5 heteroatoms. The van der Waals surface area contributed by atoms with E-state index < -0.39 is 0 Å². The van der Waals surface area contributed by atoms with Gasteiger partial charge in [-0.05, 0) is 68.5 Å². The molecule has 1 atom stereocenters. The van der Waals surface area contributed by atoms with Crippen LogP contribution in [0, 0.1) is 5.92 Å². The van der Waals surface area contributed by atoms with E-state index in [4.69, 9.17) is 17.3 Å². The summed E-state index contributed by atoms with van der Waals surface area (Å²) < 4.78 is 0. The molecule has 1 fully saturated rings. The number of rotatable bonds is 7. The minimum Gasteiger partial charge on any atom is -0.342 e. The molecule has 0 aromatic heterocycles. The molecule has 1 aromatic rings. The van der Waals surface area contributed by atoms with Crippen LogP contribution in [0.15, 0.2) is 18.2 Å². The van der Waals surface area contributed by atoms with Crippen molar-refractivity contribution >= 4 is 17.5 Å². The first kappa shape index (κ1) is 20.2. The van der Waals surface area contributed by atoms with E-state index in [1.165, 1.54) is 11.1 Å². The molecule has 2 N–H and O–H groups in total. The van der Waals surface area contributed by atoms with Crippen molar-refractivity contribution in [2.45, 2.75) is 38.5 Å². The quantitative estimate of drug-likeness (QED) is 0.807. The van der Waals surface area contributed by atoms with Gasteiger partial charge in [-0.15, -0.1) is 0 Å². The van der Waals surface area contributed by atoms with Crippen LogP contribution in [0.4, 0.5) is 0 Å². The van der Waals surface area contributed by atoms with E-state index in [1.54, 1.807) is 0 Å². The molecule has 0 saturated carbocycles. The van der Waals surface area contributed by atoms with Crippen molar-refractivity contribution in [2.24, 2.45) is 11.7 Å². The Morgan fingerprint density at radius 1 is 1.36 bits per heavy atom. The molecule has 1 unspecified atom stereocenters. The Morgan fingerprint density at radius 3 is 2.60 bits per heavy atom. The van der Waals surface area contributed by atoms with Gasteiger partial charge in [-0.3, -0.25) is 4.79 Å². The summed E-state index contributed by atoms with van der Waals surface area (Å²) in [5.74, 6) is 1.20. The normalized spacial score (nSPS) is 17.1. The lowest BCUT2D eigenvalue weighted by Crippen LogP contribution is -2.41. The van der Waals surface area contributed by atoms with Gasteiger partial charge in [0, 0.05) is 24.7 Å². The molecule has 1 amide bonds. The topological polar surface area (TPSA) is 49.6 Å². The third kappa shape index (κ3) is 5.70. The summed E-state index contributed by atoms with van der Waals surface area (Å²) >= 11 is 6.29. The summed E-state index contributed by atoms with van der Waals surface area (Å²) in [7, 11) is 4.26. The van der Waals surface area contributed by atoms with Gasteiger partial charge in [0.2, 0.25) is 5.91 Å². The zero-order valence-corrected chi connectivity index (χ0v) is 16.6. The largest absolute Gasteiger partial charge is 0.342 e. The number of amides is 1. The van der Waals surface area contributed by atoms with Gasteiger partial charge < -0.3 is 15.5 Å². The van der Waals surface area contributed by atoms with Crippen LogP contribution >= 0.6 is 11.6 Å². The van der Waals surface area contributed by atoms with Crippen molar-refractivity contribution in [3.05, 3.63) is 34.3 Å². The molecule has 0 aliphatic carbocycles. The van der Waals surface area contributed by atoms with Gasteiger partial charge in [0.1, 0.15) is 0 Å². The van der Waals surface area contributed by atoms with Crippen LogP contribution in [0.2, 0.25) is 5.02 Å². The molecular weight excluding hydrogens is 334 g/mol. The molecule has 1 saturated heterocycles. The van der Waals surface area contributed by atoms with Gasteiger partial charge in [-0.1, -0.05) is 31.0 Å². The third-order valence-electron chi connectivity index (χ3n) is 5.28. The number of carbonyl (C=O) groups is 1. The number of piperidine rings is 1. The fraction of sp³-hybridized carbons (Fsp3) is 0.650. The third-order valence-corrected chi connectivity index (χ3v) is 5.51. The molecule has 2 rings (SSSR count). The average molecular weight is 366 g/mol. The molecular formula is C20H32ClN3O. The number of hydrogen-bond acceptors (Lipinski definition) is 3. The number of benzene rings is 1. The Bertz CT molecular complexity index is 568. The Morgan fingerprint density at radius 2 is 2.04 bits per heavy atom. The molecule has 1 heterocycles. The standard InChI is InChI=1S/C20H32ClN3O/c1-4-15(14-23(2)3)11-17-12-18(21)5-6-19(17)16-7-9-24(10-8-16)20(25)13-22/h5-6,12,15-16H,4,7-11,13-14,22H2,1-3H3. The Hall–Kier alpha value is -1.10. The van der Waals surface area contributed by atoms with Crippen LogP contribution < -0.4 is 5.73 Å². The molecule has 140 valence electrons. The smallest absolute Gasteiger partial charge is 0.236 e. The van der Waals surface area contributed by atoms with Gasteiger partial charge >= 0.3 is 0 Å². The first-order chi connectivity index (χ1) is 11.9. The summed E-state index contributed by atoms with van der Waals surface area (Å²) in [4.78, 5) is 15.9. The van der Waals surface area contributed by atoms with Crippen molar-refractivity contribution in [1.29, 1.82) is 0 Å². The van der Waals surface area contributed by atoms with Crippen LogP contribution in [-0.4, -0.2) is 56.0 Å². The van der Waals surface area contributed by atoms with E-state index in [-0.39, 0.29) is 12.5 Å². The highest BCUT2D eigenvalue weighted by Crippen LogP contribution is 2.33. The number of carbonyl (C=O) groups excluding carboxylic acids is 1. The number of nitrogens with two attached hydrogens (primary N) is 1. The second-order valence-corrected chi connectivity index (χ2v) is 7.88. The predicted molar refractivity (Wildman–Crippen MR) is 105 cm³/mol. The summed E-state index contributed by atoms with van der Waals surface area (Å²) in [6, 6.07) is 6.35. The van der Waals surface area contributed by atoms with Gasteiger partial charge in [0.15, 0.2) is 0 Å². The van der Waals surface area contributed by atoms with Gasteiger partial charge in [-0.2, -0.15) is 0 Å². The van der Waals surface area contributed by atoms with E-state index in [9.17, 15) is 4.79 Å². The lowest BCUT2D eigenvalue weighted by molar-refractivity contribution is -0.130. The Kier molecular flexibility index (Phi) is 7.73. The molecule has 0 spiro atoms. The Labute approximate surface area is 157 Å². The summed E-state index contributed by atoms with van der Waals surface area (Å²) in [5, 5.41) is 0.814. The molecule has 4 nitrogen and oxygen atoms in total. The highest BCUT2D eigenvalue weighted by molar-refractivity contribution is 6.30. The Balaban J connectivity index is 2.12. The fourth-order valence-corrected chi connectivity index (χ4v) is 4.08. The summed E-state index contributed by atoms with van der Waals surface area (Å²) in [5.41, 5.74) is 8.29. The number of nitrogens with zero attached hydrogens (tertiary/aromatic N) is 2. The number of hydrogen-bond donors (Lipinski definition) is 1. The lowest BCUT2D eigenvalue weighted by atomic mass is 9.83. The highest BCUT2D eigenvalue weighted by atomic mass is 35.5. The number of likely N-dealkylation sites (tertiary alicyclic amines) is 1. The van der Waals surface area contributed by atoms with Crippen LogP contribution in [0.25, 0.3) is 0 Å². The minimum absolute atomic E-state index is 0.0619. The van der Waals surface area contributed by atoms with Crippen molar-refractivity contribution in [1.82, 2.24) is 9.80 Å². The van der Waals surface area contributed by atoms with E-state index in [1.807, 2.05) is 11.0 Å². The fourth-order valence-electron chi connectivity index (χ4n) is 3.88. The maximum atomic E-state index is 11.8. The minimum atomic E-state index is 0.0619. The van der Waals surface area contributed by atoms with Crippen molar-refractivity contribution < 1.29 is 4.79 Å². The second kappa shape index (κ2) is 9.56. The molecule has 1 aliphatic rings. The SMILES string of the molecule is CCC(Cc1cc(Cl)ccc1C1CCN(C(=O)CN)CC1)CN(C)C. The van der Waals surface area contributed by atoms with E-state index in [2.05, 4.69) is 38.1 Å². The molecule has 25 heavy (non-hydrogen) atoms. The lowest BCUT2D eigenvalue weighted by Gasteiger charge is -2.33. The maximum absolute atomic E-state index is 11.8. The first-order valence-corrected chi connectivity index (χ1v) is 9.73. The monoisotopic (exact) mass is 365 g/mol. The average Bonchev–Trinajstić information content (AvgIpc) is 2.60. The van der Waals surface area contributed by atoms with Gasteiger partial charge in [0.05, 0.1) is 6.54 Å². The van der Waals surface area contributed by atoms with Crippen LogP contribution in [-0.2, 0) is 11.2 Å². The maximum Gasteiger partial charge on any atom is 0.236 e. The zero-order chi connectivity index (χ0) is 18.4. The molecule has 0 bridgehead atoms. The predicted octanol–water partition coefficient (Wildman–Crippen LogP) is 3.14. The first-order valence-electron chi connectivity index (χ1n) is 9.35. The van der Waals surface area contributed by atoms with E-state index in [0.29, 0.717) is 11.8 Å². The van der Waals surface area contributed by atoms with E-state index >= 15 is 0 Å². The van der Waals surface area contributed by atoms with Crippen molar-refractivity contribution in [3.8, 4) is 0 Å². The highest BCUT2D eigenvalue weighted by Gasteiger charge is 2.25. The summed E-state index contributed by atoms with van der Waals surface area (Å²) in [6.45, 7) is 5.07.